The Labute approximate surface area is 147 Å². The van der Waals surface area contributed by atoms with Gasteiger partial charge in [-0.25, -0.2) is 0 Å². The molecule has 1 aromatic carbocycles. The van der Waals surface area contributed by atoms with Crippen LogP contribution in [0.3, 0.4) is 0 Å². The molecule has 3 aliphatic rings. The number of hydrogen-bond donors (Lipinski definition) is 1. The first-order chi connectivity index (χ1) is 12.0. The fourth-order valence-electron chi connectivity index (χ4n) is 4.93. The number of benzene rings is 1. The third-order valence-electron chi connectivity index (χ3n) is 6.23. The molecule has 25 heavy (non-hydrogen) atoms. The largest absolute Gasteiger partial charge is 0.349 e. The molecule has 3 fully saturated rings. The van der Waals surface area contributed by atoms with Crippen molar-refractivity contribution in [3.63, 3.8) is 0 Å². The van der Waals surface area contributed by atoms with E-state index in [2.05, 4.69) is 12.2 Å². The van der Waals surface area contributed by atoms with E-state index >= 15 is 0 Å². The minimum Gasteiger partial charge on any atom is -0.349 e. The lowest BCUT2D eigenvalue weighted by Crippen LogP contribution is -2.40. The van der Waals surface area contributed by atoms with E-state index in [1.807, 2.05) is 0 Å². The molecule has 4 rings (SSSR count). The number of fused-ring (bicyclic) bond motifs is 2. The number of anilines is 1. The van der Waals surface area contributed by atoms with Crippen LogP contribution in [0.25, 0.3) is 0 Å². The molecule has 1 aliphatic heterocycles. The molecule has 0 unspecified atom stereocenters. The summed E-state index contributed by atoms with van der Waals surface area (Å²) in [7, 11) is 0. The summed E-state index contributed by atoms with van der Waals surface area (Å²) in [5.74, 6) is 1.81. The van der Waals surface area contributed by atoms with Crippen LogP contribution >= 0.6 is 0 Å². The molecule has 2 saturated carbocycles. The molecule has 5 heteroatoms. The zero-order valence-corrected chi connectivity index (χ0v) is 14.5. The number of hydrogen-bond acceptors (Lipinski definition) is 3. The first-order valence-electron chi connectivity index (χ1n) is 9.29. The van der Waals surface area contributed by atoms with Crippen LogP contribution in [-0.2, 0) is 9.59 Å². The monoisotopic (exact) mass is 340 g/mol. The Hall–Kier alpha value is -2.17. The van der Waals surface area contributed by atoms with Crippen LogP contribution in [0.2, 0.25) is 0 Å². The first kappa shape index (κ1) is 16.3. The summed E-state index contributed by atoms with van der Waals surface area (Å²) in [6, 6.07) is 6.93. The molecule has 1 aromatic rings. The highest BCUT2D eigenvalue weighted by molar-refractivity contribution is 6.19. The van der Waals surface area contributed by atoms with E-state index in [1.54, 1.807) is 24.3 Å². The number of carbonyl (C=O) groups is 3. The molecule has 5 nitrogen and oxygen atoms in total. The Bertz CT molecular complexity index is 696. The van der Waals surface area contributed by atoms with Crippen molar-refractivity contribution in [2.45, 2.75) is 51.5 Å². The quantitative estimate of drug-likeness (QED) is 0.857. The summed E-state index contributed by atoms with van der Waals surface area (Å²) < 4.78 is 0. The van der Waals surface area contributed by atoms with Crippen molar-refractivity contribution in [3.05, 3.63) is 29.8 Å². The lowest BCUT2D eigenvalue weighted by molar-refractivity contribution is -0.121. The summed E-state index contributed by atoms with van der Waals surface area (Å²) in [5, 5.41) is 3.14. The molecule has 3 amide bonds. The number of carbonyl (C=O) groups excluding carboxylic acids is 3. The Morgan fingerprint density at radius 1 is 1.08 bits per heavy atom. The SMILES string of the molecule is C[C@H](NC(=O)c1ccc(N2C(=O)CCC2=O)cc1)[C@H]1C[C@H]2CC[C@H]1C2. The van der Waals surface area contributed by atoms with E-state index in [9.17, 15) is 14.4 Å². The second kappa shape index (κ2) is 6.28. The molecule has 1 N–H and O–H groups in total. The topological polar surface area (TPSA) is 66.5 Å². The van der Waals surface area contributed by atoms with Gasteiger partial charge in [0.05, 0.1) is 5.69 Å². The molecule has 0 radical (unpaired) electrons. The van der Waals surface area contributed by atoms with Crippen molar-refractivity contribution in [2.75, 3.05) is 4.90 Å². The summed E-state index contributed by atoms with van der Waals surface area (Å²) in [5.41, 5.74) is 1.11. The van der Waals surface area contributed by atoms with Gasteiger partial charge in [0.2, 0.25) is 11.8 Å². The lowest BCUT2D eigenvalue weighted by atomic mass is 9.84. The van der Waals surface area contributed by atoms with E-state index in [1.165, 1.54) is 30.6 Å². The smallest absolute Gasteiger partial charge is 0.251 e. The van der Waals surface area contributed by atoms with Crippen molar-refractivity contribution in [1.82, 2.24) is 5.32 Å². The highest BCUT2D eigenvalue weighted by atomic mass is 16.2. The van der Waals surface area contributed by atoms with Gasteiger partial charge in [0.15, 0.2) is 0 Å². The van der Waals surface area contributed by atoms with Gasteiger partial charge in [-0.05, 0) is 68.2 Å². The highest BCUT2D eigenvalue weighted by Gasteiger charge is 2.42. The van der Waals surface area contributed by atoms with Crippen molar-refractivity contribution < 1.29 is 14.4 Å². The van der Waals surface area contributed by atoms with Crippen LogP contribution < -0.4 is 10.2 Å². The molecular formula is C20H24N2O3. The second-order valence-corrected chi connectivity index (χ2v) is 7.77. The van der Waals surface area contributed by atoms with Gasteiger partial charge in [0.25, 0.3) is 5.91 Å². The molecule has 132 valence electrons. The van der Waals surface area contributed by atoms with Crippen LogP contribution in [0.4, 0.5) is 5.69 Å². The highest BCUT2D eigenvalue weighted by Crippen LogP contribution is 2.49. The number of amides is 3. The van der Waals surface area contributed by atoms with Crippen LogP contribution in [0.15, 0.2) is 24.3 Å². The molecule has 4 atom stereocenters. The number of imide groups is 1. The third-order valence-corrected chi connectivity index (χ3v) is 6.23. The van der Waals surface area contributed by atoms with E-state index in [4.69, 9.17) is 0 Å². The summed E-state index contributed by atoms with van der Waals surface area (Å²) in [6.07, 6.45) is 5.77. The standard InChI is InChI=1S/C20H24N2O3/c1-12(17-11-13-2-3-15(17)10-13)21-20(25)14-4-6-16(7-5-14)22-18(23)8-9-19(22)24/h4-7,12-13,15,17H,2-3,8-11H2,1H3,(H,21,25)/t12-,13-,15-,17+/m0/s1. The van der Waals surface area contributed by atoms with Crippen molar-refractivity contribution in [1.29, 1.82) is 0 Å². The molecule has 2 bridgehead atoms. The maximum Gasteiger partial charge on any atom is 0.251 e. The molecule has 2 aliphatic carbocycles. The van der Waals surface area contributed by atoms with Gasteiger partial charge in [-0.3, -0.25) is 19.3 Å². The van der Waals surface area contributed by atoms with Gasteiger partial charge in [-0.2, -0.15) is 0 Å². The van der Waals surface area contributed by atoms with E-state index in [0.717, 1.165) is 11.8 Å². The Morgan fingerprint density at radius 2 is 1.76 bits per heavy atom. The Kier molecular flexibility index (Phi) is 4.10. The molecular weight excluding hydrogens is 316 g/mol. The van der Waals surface area contributed by atoms with Crippen LogP contribution in [0, 0.1) is 17.8 Å². The maximum absolute atomic E-state index is 12.5. The number of nitrogens with one attached hydrogen (secondary N) is 1. The first-order valence-corrected chi connectivity index (χ1v) is 9.29. The molecule has 0 aromatic heterocycles. The fraction of sp³-hybridized carbons (Fsp3) is 0.550. The van der Waals surface area contributed by atoms with Gasteiger partial charge in [-0.1, -0.05) is 6.42 Å². The van der Waals surface area contributed by atoms with E-state index in [0.29, 0.717) is 17.2 Å². The Morgan fingerprint density at radius 3 is 2.32 bits per heavy atom. The van der Waals surface area contributed by atoms with Gasteiger partial charge >= 0.3 is 0 Å². The van der Waals surface area contributed by atoms with Crippen LogP contribution in [-0.4, -0.2) is 23.8 Å². The van der Waals surface area contributed by atoms with Gasteiger partial charge in [-0.15, -0.1) is 0 Å². The molecule has 1 saturated heterocycles. The van der Waals surface area contributed by atoms with Crippen molar-refractivity contribution in [3.8, 4) is 0 Å². The van der Waals surface area contributed by atoms with Crippen molar-refractivity contribution >= 4 is 23.4 Å². The molecule has 1 heterocycles. The number of nitrogens with zero attached hydrogens (tertiary/aromatic N) is 1. The zero-order chi connectivity index (χ0) is 17.6. The maximum atomic E-state index is 12.5. The molecule has 0 spiro atoms. The van der Waals surface area contributed by atoms with Crippen LogP contribution in [0.5, 0.6) is 0 Å². The van der Waals surface area contributed by atoms with E-state index < -0.39 is 0 Å². The van der Waals surface area contributed by atoms with E-state index in [-0.39, 0.29) is 36.6 Å². The van der Waals surface area contributed by atoms with Gasteiger partial charge < -0.3 is 5.32 Å². The summed E-state index contributed by atoms with van der Waals surface area (Å²) in [6.45, 7) is 2.11. The second-order valence-electron chi connectivity index (χ2n) is 7.77. The lowest BCUT2D eigenvalue weighted by Gasteiger charge is -2.28. The Balaban J connectivity index is 1.40. The summed E-state index contributed by atoms with van der Waals surface area (Å²) in [4.78, 5) is 37.3. The van der Waals surface area contributed by atoms with Gasteiger partial charge in [0, 0.05) is 24.4 Å². The minimum atomic E-state index is -0.174. The van der Waals surface area contributed by atoms with Crippen LogP contribution in [0.1, 0.15) is 55.8 Å². The number of rotatable bonds is 4. The average molecular weight is 340 g/mol. The van der Waals surface area contributed by atoms with Gasteiger partial charge in [0.1, 0.15) is 0 Å². The predicted octanol–water partition coefficient (Wildman–Crippen LogP) is 2.89. The fourth-order valence-corrected chi connectivity index (χ4v) is 4.93. The zero-order valence-electron chi connectivity index (χ0n) is 14.5. The third kappa shape index (κ3) is 2.96. The minimum absolute atomic E-state index is 0.0825. The predicted molar refractivity (Wildman–Crippen MR) is 94.0 cm³/mol. The van der Waals surface area contributed by atoms with Crippen molar-refractivity contribution in [2.24, 2.45) is 17.8 Å². The summed E-state index contributed by atoms with van der Waals surface area (Å²) >= 11 is 0. The average Bonchev–Trinajstić information content (AvgIpc) is 3.31. The normalized spacial score (nSPS) is 29.3.